The van der Waals surface area contributed by atoms with Gasteiger partial charge in [0.15, 0.2) is 0 Å². The van der Waals surface area contributed by atoms with Crippen molar-refractivity contribution in [3.8, 4) is 10.6 Å². The minimum Gasteiger partial charge on any atom is -0.387 e. The number of hydrogen-bond acceptors (Lipinski definition) is 5. The van der Waals surface area contributed by atoms with Crippen LogP contribution in [0.2, 0.25) is 0 Å². The van der Waals surface area contributed by atoms with E-state index in [4.69, 9.17) is 0 Å². The minimum atomic E-state index is -0.617. The van der Waals surface area contributed by atoms with Crippen LogP contribution in [0.3, 0.4) is 0 Å². The van der Waals surface area contributed by atoms with Crippen molar-refractivity contribution in [3.63, 3.8) is 0 Å². The average molecular weight is 317 g/mol. The van der Waals surface area contributed by atoms with Crippen molar-refractivity contribution < 1.29 is 5.11 Å². The molecule has 1 aliphatic heterocycles. The molecule has 2 aromatic rings. The van der Waals surface area contributed by atoms with Crippen molar-refractivity contribution in [3.05, 3.63) is 40.9 Å². The standard InChI is InChI=1S/C17H23N3OS/c1-13-4-2-5-14(8-13)16-20-15(10-22-16)9-19-12-17(21)6-3-7-18-11-17/h2,4-5,8,10,18-19,21H,3,6-7,9,11-12H2,1H3/t17-/m0/s1. The van der Waals surface area contributed by atoms with Gasteiger partial charge in [0.05, 0.1) is 11.3 Å². The summed E-state index contributed by atoms with van der Waals surface area (Å²) in [6.45, 7) is 5.08. The summed E-state index contributed by atoms with van der Waals surface area (Å²) in [6, 6.07) is 8.42. The molecule has 3 N–H and O–H groups in total. The van der Waals surface area contributed by atoms with Gasteiger partial charge in [-0.1, -0.05) is 23.8 Å². The molecule has 0 unspecified atom stereocenters. The Balaban J connectivity index is 1.56. The first kappa shape index (κ1) is 15.6. The lowest BCUT2D eigenvalue weighted by Gasteiger charge is -2.32. The van der Waals surface area contributed by atoms with Gasteiger partial charge in [-0.15, -0.1) is 11.3 Å². The number of benzene rings is 1. The molecule has 22 heavy (non-hydrogen) atoms. The highest BCUT2D eigenvalue weighted by Crippen LogP contribution is 2.24. The smallest absolute Gasteiger partial charge is 0.123 e. The summed E-state index contributed by atoms with van der Waals surface area (Å²) in [6.07, 6.45) is 1.89. The van der Waals surface area contributed by atoms with E-state index in [2.05, 4.69) is 52.2 Å². The van der Waals surface area contributed by atoms with Crippen LogP contribution in [0.4, 0.5) is 0 Å². The second-order valence-corrected chi connectivity index (χ2v) is 6.98. The van der Waals surface area contributed by atoms with Crippen LogP contribution < -0.4 is 10.6 Å². The van der Waals surface area contributed by atoms with Crippen LogP contribution >= 0.6 is 11.3 Å². The van der Waals surface area contributed by atoms with Gasteiger partial charge in [0.1, 0.15) is 5.01 Å². The topological polar surface area (TPSA) is 57.2 Å². The zero-order valence-electron chi connectivity index (χ0n) is 12.9. The zero-order valence-corrected chi connectivity index (χ0v) is 13.7. The van der Waals surface area contributed by atoms with Crippen LogP contribution in [0.5, 0.6) is 0 Å². The number of nitrogens with one attached hydrogen (secondary N) is 2. The molecule has 0 bridgehead atoms. The number of thiazole rings is 1. The third-order valence-corrected chi connectivity index (χ3v) is 4.97. The Morgan fingerprint density at radius 2 is 2.36 bits per heavy atom. The third-order valence-electron chi connectivity index (χ3n) is 4.03. The molecule has 3 rings (SSSR count). The van der Waals surface area contributed by atoms with Crippen molar-refractivity contribution in [1.29, 1.82) is 0 Å². The number of aliphatic hydroxyl groups is 1. The van der Waals surface area contributed by atoms with E-state index in [0.29, 0.717) is 19.6 Å². The van der Waals surface area contributed by atoms with Gasteiger partial charge in [0.25, 0.3) is 0 Å². The largest absolute Gasteiger partial charge is 0.387 e. The van der Waals surface area contributed by atoms with E-state index in [0.717, 1.165) is 30.1 Å². The second-order valence-electron chi connectivity index (χ2n) is 6.12. The summed E-state index contributed by atoms with van der Waals surface area (Å²) in [5.41, 5.74) is 2.84. The first-order valence-corrected chi connectivity index (χ1v) is 8.68. The van der Waals surface area contributed by atoms with Gasteiger partial charge < -0.3 is 15.7 Å². The van der Waals surface area contributed by atoms with Gasteiger partial charge in [0.2, 0.25) is 0 Å². The number of aryl methyl sites for hydroxylation is 1. The summed E-state index contributed by atoms with van der Waals surface area (Å²) in [5, 5.41) is 20.2. The van der Waals surface area contributed by atoms with Crippen molar-refractivity contribution in [1.82, 2.24) is 15.6 Å². The third kappa shape index (κ3) is 3.93. The summed E-state index contributed by atoms with van der Waals surface area (Å²) in [7, 11) is 0. The maximum absolute atomic E-state index is 10.4. The van der Waals surface area contributed by atoms with Gasteiger partial charge in [-0.3, -0.25) is 0 Å². The molecule has 0 spiro atoms. The predicted octanol–water partition coefficient (Wildman–Crippen LogP) is 2.32. The Labute approximate surface area is 135 Å². The fraction of sp³-hybridized carbons (Fsp3) is 0.471. The van der Waals surface area contributed by atoms with Gasteiger partial charge in [0, 0.05) is 30.6 Å². The predicted molar refractivity (Wildman–Crippen MR) is 91.0 cm³/mol. The fourth-order valence-corrected chi connectivity index (χ4v) is 3.64. The molecule has 0 saturated carbocycles. The lowest BCUT2D eigenvalue weighted by atomic mass is 9.94. The quantitative estimate of drug-likeness (QED) is 0.792. The molecule has 0 radical (unpaired) electrons. The highest BCUT2D eigenvalue weighted by atomic mass is 32.1. The summed E-state index contributed by atoms with van der Waals surface area (Å²) in [4.78, 5) is 4.69. The SMILES string of the molecule is Cc1cccc(-c2nc(CNC[C@]3(O)CCCNC3)cs2)c1. The van der Waals surface area contributed by atoms with Gasteiger partial charge in [-0.05, 0) is 32.4 Å². The minimum absolute atomic E-state index is 0.608. The Morgan fingerprint density at radius 3 is 3.14 bits per heavy atom. The van der Waals surface area contributed by atoms with E-state index in [1.165, 1.54) is 11.1 Å². The summed E-state index contributed by atoms with van der Waals surface area (Å²) >= 11 is 1.67. The molecule has 4 nitrogen and oxygen atoms in total. The van der Waals surface area contributed by atoms with E-state index in [1.807, 2.05) is 0 Å². The lowest BCUT2D eigenvalue weighted by Crippen LogP contribution is -2.51. The number of hydrogen-bond donors (Lipinski definition) is 3. The Morgan fingerprint density at radius 1 is 1.45 bits per heavy atom. The van der Waals surface area contributed by atoms with Gasteiger partial charge >= 0.3 is 0 Å². The van der Waals surface area contributed by atoms with E-state index in [-0.39, 0.29) is 0 Å². The number of piperidine rings is 1. The molecule has 1 aromatic carbocycles. The average Bonchev–Trinajstić information content (AvgIpc) is 2.97. The van der Waals surface area contributed by atoms with Crippen molar-refractivity contribution in [2.75, 3.05) is 19.6 Å². The molecular weight excluding hydrogens is 294 g/mol. The molecule has 1 aromatic heterocycles. The van der Waals surface area contributed by atoms with Crippen LogP contribution in [-0.4, -0.2) is 35.3 Å². The summed E-state index contributed by atoms with van der Waals surface area (Å²) in [5.74, 6) is 0. The molecule has 0 amide bonds. The Kier molecular flexibility index (Phi) is 4.88. The van der Waals surface area contributed by atoms with Crippen molar-refractivity contribution in [2.24, 2.45) is 0 Å². The molecule has 5 heteroatoms. The zero-order chi connectivity index (χ0) is 15.4. The van der Waals surface area contributed by atoms with E-state index >= 15 is 0 Å². The van der Waals surface area contributed by atoms with E-state index in [1.54, 1.807) is 11.3 Å². The lowest BCUT2D eigenvalue weighted by molar-refractivity contribution is 0.0168. The molecular formula is C17H23N3OS. The van der Waals surface area contributed by atoms with E-state index in [9.17, 15) is 5.11 Å². The molecule has 1 aliphatic rings. The van der Waals surface area contributed by atoms with Crippen LogP contribution in [0.25, 0.3) is 10.6 Å². The second kappa shape index (κ2) is 6.87. The molecule has 1 fully saturated rings. The van der Waals surface area contributed by atoms with Crippen molar-refractivity contribution >= 4 is 11.3 Å². The number of nitrogens with zero attached hydrogens (tertiary/aromatic N) is 1. The van der Waals surface area contributed by atoms with Crippen LogP contribution in [-0.2, 0) is 6.54 Å². The van der Waals surface area contributed by atoms with Crippen LogP contribution in [0, 0.1) is 6.92 Å². The molecule has 2 heterocycles. The van der Waals surface area contributed by atoms with Gasteiger partial charge in [-0.2, -0.15) is 0 Å². The van der Waals surface area contributed by atoms with Gasteiger partial charge in [-0.25, -0.2) is 4.98 Å². The molecule has 1 saturated heterocycles. The molecule has 1 atom stereocenters. The maximum atomic E-state index is 10.4. The summed E-state index contributed by atoms with van der Waals surface area (Å²) < 4.78 is 0. The normalized spacial score (nSPS) is 21.9. The number of rotatable bonds is 5. The maximum Gasteiger partial charge on any atom is 0.123 e. The Hall–Kier alpha value is -1.27. The number of aromatic nitrogens is 1. The fourth-order valence-electron chi connectivity index (χ4n) is 2.82. The van der Waals surface area contributed by atoms with E-state index < -0.39 is 5.60 Å². The molecule has 118 valence electrons. The first-order valence-electron chi connectivity index (χ1n) is 7.80. The monoisotopic (exact) mass is 317 g/mol. The highest BCUT2D eigenvalue weighted by Gasteiger charge is 2.28. The first-order chi connectivity index (χ1) is 10.6. The Bertz CT molecular complexity index is 620. The van der Waals surface area contributed by atoms with Crippen LogP contribution in [0.15, 0.2) is 29.6 Å². The number of β-amino-alcohol motifs (C(OH)–C–C–N with tert-alkyl or cyclic N) is 1. The van der Waals surface area contributed by atoms with Crippen molar-refractivity contribution in [2.45, 2.75) is 31.9 Å². The highest BCUT2D eigenvalue weighted by molar-refractivity contribution is 7.13. The molecule has 0 aliphatic carbocycles. The van der Waals surface area contributed by atoms with Crippen LogP contribution in [0.1, 0.15) is 24.1 Å².